The van der Waals surface area contributed by atoms with E-state index in [1.807, 2.05) is 17.8 Å². The van der Waals surface area contributed by atoms with E-state index in [9.17, 15) is 9.59 Å². The van der Waals surface area contributed by atoms with Gasteiger partial charge in [0.1, 0.15) is 0 Å². The summed E-state index contributed by atoms with van der Waals surface area (Å²) in [6.45, 7) is 1.05. The van der Waals surface area contributed by atoms with Gasteiger partial charge in [0.05, 0.1) is 5.92 Å². The minimum Gasteiger partial charge on any atom is -0.481 e. The van der Waals surface area contributed by atoms with Crippen molar-refractivity contribution in [1.29, 1.82) is 0 Å². The Balaban J connectivity index is 1.68. The summed E-state index contributed by atoms with van der Waals surface area (Å²) in [5, 5.41) is 8.89. The van der Waals surface area contributed by atoms with Crippen molar-refractivity contribution < 1.29 is 14.7 Å². The van der Waals surface area contributed by atoms with Crippen molar-refractivity contribution >= 4 is 11.9 Å². The van der Waals surface area contributed by atoms with E-state index in [1.165, 1.54) is 5.56 Å². The summed E-state index contributed by atoms with van der Waals surface area (Å²) in [6.07, 6.45) is 7.23. The molecule has 1 saturated heterocycles. The molecule has 0 aromatic carbocycles. The highest BCUT2D eigenvalue weighted by Gasteiger charge is 2.33. The molecule has 5 nitrogen and oxygen atoms in total. The first kappa shape index (κ1) is 13.6. The highest BCUT2D eigenvalue weighted by Crippen LogP contribution is 2.18. The van der Waals surface area contributed by atoms with E-state index >= 15 is 0 Å². The van der Waals surface area contributed by atoms with Crippen LogP contribution in [0.1, 0.15) is 24.8 Å². The van der Waals surface area contributed by atoms with Crippen molar-refractivity contribution in [2.75, 3.05) is 13.1 Å². The molecule has 1 aromatic rings. The molecule has 1 aliphatic heterocycles. The second-order valence-electron chi connectivity index (χ2n) is 5.22. The number of carboxylic acids is 1. The Bertz CT molecular complexity index is 467. The number of hydrogen-bond acceptors (Lipinski definition) is 2. The lowest BCUT2D eigenvalue weighted by atomic mass is 10.1. The summed E-state index contributed by atoms with van der Waals surface area (Å²) in [7, 11) is 2.00. The summed E-state index contributed by atoms with van der Waals surface area (Å²) >= 11 is 0. The van der Waals surface area contributed by atoms with Gasteiger partial charge < -0.3 is 14.6 Å². The number of unbranched alkanes of at least 4 members (excludes halogenated alkanes) is 1. The molecule has 5 heteroatoms. The van der Waals surface area contributed by atoms with Gasteiger partial charge in [0.25, 0.3) is 0 Å². The van der Waals surface area contributed by atoms with Crippen molar-refractivity contribution in [3.8, 4) is 0 Å². The quantitative estimate of drug-likeness (QED) is 0.787. The van der Waals surface area contributed by atoms with E-state index < -0.39 is 11.9 Å². The van der Waals surface area contributed by atoms with Crippen LogP contribution in [0.15, 0.2) is 18.5 Å². The number of aliphatic carboxylic acids is 1. The molecule has 104 valence electrons. The number of likely N-dealkylation sites (tertiary alicyclic amines) is 1. The summed E-state index contributed by atoms with van der Waals surface area (Å²) in [5.74, 6) is -1.39. The number of carbonyl (C=O) groups excluding carboxylic acids is 1. The van der Waals surface area contributed by atoms with Crippen molar-refractivity contribution in [2.45, 2.75) is 25.7 Å². The largest absolute Gasteiger partial charge is 0.481 e. The van der Waals surface area contributed by atoms with Crippen molar-refractivity contribution in [3.05, 3.63) is 24.0 Å². The van der Waals surface area contributed by atoms with Crippen LogP contribution in [0.5, 0.6) is 0 Å². The fraction of sp³-hybridized carbons (Fsp3) is 0.571. The Hall–Kier alpha value is -1.78. The fourth-order valence-corrected chi connectivity index (χ4v) is 2.49. The minimum atomic E-state index is -0.861. The van der Waals surface area contributed by atoms with Crippen LogP contribution in [0.25, 0.3) is 0 Å². The average molecular weight is 264 g/mol. The molecule has 1 N–H and O–H groups in total. The van der Waals surface area contributed by atoms with Gasteiger partial charge in [-0.15, -0.1) is 0 Å². The average Bonchev–Trinajstić information content (AvgIpc) is 2.92. The number of rotatable bonds is 6. The predicted octanol–water partition coefficient (Wildman–Crippen LogP) is 1.28. The summed E-state index contributed by atoms with van der Waals surface area (Å²) < 4.78 is 2.02. The summed E-state index contributed by atoms with van der Waals surface area (Å²) in [5.41, 5.74) is 1.30. The smallest absolute Gasteiger partial charge is 0.308 e. The van der Waals surface area contributed by atoms with E-state index in [0.717, 1.165) is 19.3 Å². The molecule has 0 saturated carbocycles. The first-order valence-electron chi connectivity index (χ1n) is 6.67. The summed E-state index contributed by atoms with van der Waals surface area (Å²) in [6, 6.07) is 2.10. The molecule has 2 heterocycles. The lowest BCUT2D eigenvalue weighted by Gasteiger charge is -2.15. The standard InChI is InChI=1S/C14H20N2O3/c1-15-7-5-11(9-15)4-2-3-6-16-10-12(14(18)19)8-13(16)17/h5,7,9,12H,2-4,6,8,10H2,1H3,(H,18,19). The summed E-state index contributed by atoms with van der Waals surface area (Å²) in [4.78, 5) is 24.1. The van der Waals surface area contributed by atoms with Crippen LogP contribution < -0.4 is 0 Å². The number of aryl methyl sites for hydroxylation is 2. The van der Waals surface area contributed by atoms with Crippen LogP contribution in [0.3, 0.4) is 0 Å². The molecular weight excluding hydrogens is 244 g/mol. The molecule has 19 heavy (non-hydrogen) atoms. The van der Waals surface area contributed by atoms with Crippen molar-refractivity contribution in [3.63, 3.8) is 0 Å². The number of hydrogen-bond donors (Lipinski definition) is 1. The molecule has 1 aromatic heterocycles. The molecular formula is C14H20N2O3. The third-order valence-electron chi connectivity index (χ3n) is 3.60. The molecule has 1 amide bonds. The monoisotopic (exact) mass is 264 g/mol. The van der Waals surface area contributed by atoms with Crippen LogP contribution in [-0.2, 0) is 23.1 Å². The van der Waals surface area contributed by atoms with E-state index in [2.05, 4.69) is 12.3 Å². The predicted molar refractivity (Wildman–Crippen MR) is 70.7 cm³/mol. The zero-order valence-electron chi connectivity index (χ0n) is 11.2. The number of nitrogens with zero attached hydrogens (tertiary/aromatic N) is 2. The maximum atomic E-state index is 11.6. The molecule has 0 bridgehead atoms. The van der Waals surface area contributed by atoms with E-state index in [-0.39, 0.29) is 12.3 Å². The van der Waals surface area contributed by atoms with Gasteiger partial charge in [0.15, 0.2) is 0 Å². The van der Waals surface area contributed by atoms with Gasteiger partial charge in [0.2, 0.25) is 5.91 Å². The maximum Gasteiger partial charge on any atom is 0.308 e. The van der Waals surface area contributed by atoms with Crippen LogP contribution >= 0.6 is 0 Å². The Morgan fingerprint density at radius 2 is 2.26 bits per heavy atom. The normalized spacial score (nSPS) is 19.1. The molecule has 1 aliphatic rings. The SMILES string of the molecule is Cn1ccc(CCCCN2CC(C(=O)O)CC2=O)c1. The number of carboxylic acid groups (broad SMARTS) is 1. The van der Waals surface area contributed by atoms with Gasteiger partial charge in [-0.3, -0.25) is 9.59 Å². The van der Waals surface area contributed by atoms with Gasteiger partial charge >= 0.3 is 5.97 Å². The van der Waals surface area contributed by atoms with Crippen molar-refractivity contribution in [2.24, 2.45) is 13.0 Å². The molecule has 2 rings (SSSR count). The van der Waals surface area contributed by atoms with Gasteiger partial charge in [-0.1, -0.05) is 0 Å². The molecule has 1 fully saturated rings. The fourth-order valence-electron chi connectivity index (χ4n) is 2.49. The van der Waals surface area contributed by atoms with Crippen LogP contribution in [0.2, 0.25) is 0 Å². The molecule has 1 unspecified atom stereocenters. The van der Waals surface area contributed by atoms with Crippen LogP contribution in [0, 0.1) is 5.92 Å². The van der Waals surface area contributed by atoms with Crippen molar-refractivity contribution in [1.82, 2.24) is 9.47 Å². The lowest BCUT2D eigenvalue weighted by Crippen LogP contribution is -2.27. The van der Waals surface area contributed by atoms with E-state index in [1.54, 1.807) is 4.90 Å². The number of amides is 1. The van der Waals surface area contributed by atoms with E-state index in [0.29, 0.717) is 13.1 Å². The second-order valence-corrected chi connectivity index (χ2v) is 5.22. The first-order chi connectivity index (χ1) is 9.06. The third-order valence-corrected chi connectivity index (χ3v) is 3.60. The Labute approximate surface area is 112 Å². The second kappa shape index (κ2) is 5.91. The topological polar surface area (TPSA) is 62.5 Å². The first-order valence-corrected chi connectivity index (χ1v) is 6.67. The van der Waals surface area contributed by atoms with Gasteiger partial charge in [-0.25, -0.2) is 0 Å². The Kier molecular flexibility index (Phi) is 4.24. The number of carbonyl (C=O) groups is 2. The molecule has 0 spiro atoms. The number of aromatic nitrogens is 1. The molecule has 0 radical (unpaired) electrons. The van der Waals surface area contributed by atoms with Crippen LogP contribution in [0.4, 0.5) is 0 Å². The maximum absolute atomic E-state index is 11.6. The zero-order valence-corrected chi connectivity index (χ0v) is 11.2. The third kappa shape index (κ3) is 3.59. The zero-order chi connectivity index (χ0) is 13.8. The van der Waals surface area contributed by atoms with E-state index in [4.69, 9.17) is 5.11 Å². The Morgan fingerprint density at radius 3 is 2.84 bits per heavy atom. The lowest BCUT2D eigenvalue weighted by molar-refractivity contribution is -0.141. The Morgan fingerprint density at radius 1 is 1.47 bits per heavy atom. The van der Waals surface area contributed by atoms with Gasteiger partial charge in [0, 0.05) is 39.0 Å². The van der Waals surface area contributed by atoms with Gasteiger partial charge in [-0.2, -0.15) is 0 Å². The van der Waals surface area contributed by atoms with Crippen LogP contribution in [-0.4, -0.2) is 39.5 Å². The highest BCUT2D eigenvalue weighted by atomic mass is 16.4. The minimum absolute atomic E-state index is 0.0212. The molecule has 0 aliphatic carbocycles. The highest BCUT2D eigenvalue weighted by molar-refractivity contribution is 5.86. The van der Waals surface area contributed by atoms with Gasteiger partial charge in [-0.05, 0) is 30.9 Å². The molecule has 1 atom stereocenters.